The van der Waals surface area contributed by atoms with Gasteiger partial charge in [-0.1, -0.05) is 13.0 Å². The van der Waals surface area contributed by atoms with E-state index in [2.05, 4.69) is 10.6 Å². The molecule has 156 valence electrons. The molecule has 0 atom stereocenters. The predicted octanol–water partition coefficient (Wildman–Crippen LogP) is 2.12. The number of ether oxygens (including phenoxy) is 1. The first-order valence-electron chi connectivity index (χ1n) is 8.65. The second-order valence-electron chi connectivity index (χ2n) is 6.08. The third kappa shape index (κ3) is 5.73. The molecule has 0 fully saturated rings. The van der Waals surface area contributed by atoms with Crippen LogP contribution in [0.2, 0.25) is 0 Å². The molecule has 0 aliphatic rings. The highest BCUT2D eigenvalue weighted by molar-refractivity contribution is 7.89. The fraction of sp³-hybridized carbons (Fsp3) is 0.278. The molecule has 10 nitrogen and oxygen atoms in total. The Balaban J connectivity index is 2.29. The first kappa shape index (κ1) is 22.3. The third-order valence-electron chi connectivity index (χ3n) is 4.09. The first-order chi connectivity index (χ1) is 13.7. The minimum atomic E-state index is -3.96. The lowest BCUT2D eigenvalue weighted by atomic mass is 10.1. The van der Waals surface area contributed by atoms with Crippen LogP contribution in [0.3, 0.4) is 0 Å². The number of anilines is 2. The summed E-state index contributed by atoms with van der Waals surface area (Å²) in [4.78, 5) is 23.2. The van der Waals surface area contributed by atoms with Crippen molar-refractivity contribution in [2.75, 3.05) is 30.9 Å². The predicted molar refractivity (Wildman–Crippen MR) is 109 cm³/mol. The van der Waals surface area contributed by atoms with Gasteiger partial charge < -0.3 is 15.4 Å². The molecule has 0 spiro atoms. The van der Waals surface area contributed by atoms with E-state index >= 15 is 0 Å². The Bertz CT molecular complexity index is 1020. The second kappa shape index (κ2) is 9.45. The minimum absolute atomic E-state index is 0.0470. The number of hydrogen-bond acceptors (Lipinski definition) is 7. The molecule has 29 heavy (non-hydrogen) atoms. The van der Waals surface area contributed by atoms with E-state index in [1.807, 2.05) is 0 Å². The smallest absolute Gasteiger partial charge is 0.293 e. The van der Waals surface area contributed by atoms with Crippen LogP contribution in [0.25, 0.3) is 0 Å². The van der Waals surface area contributed by atoms with E-state index in [0.717, 1.165) is 6.07 Å². The highest BCUT2D eigenvalue weighted by atomic mass is 32.2. The average molecular weight is 422 g/mol. The van der Waals surface area contributed by atoms with Crippen LogP contribution in [0.1, 0.15) is 22.8 Å². The van der Waals surface area contributed by atoms with Gasteiger partial charge in [0.2, 0.25) is 10.0 Å². The Labute approximate surface area is 168 Å². The van der Waals surface area contributed by atoms with Crippen LogP contribution < -0.4 is 15.8 Å². The van der Waals surface area contributed by atoms with Gasteiger partial charge in [-0.05, 0) is 36.2 Å². The van der Waals surface area contributed by atoms with Gasteiger partial charge in [-0.2, -0.15) is 0 Å². The lowest BCUT2D eigenvalue weighted by Gasteiger charge is -2.11. The van der Waals surface area contributed by atoms with Gasteiger partial charge in [0.15, 0.2) is 0 Å². The third-order valence-corrected chi connectivity index (χ3v) is 5.08. The number of nitro groups is 1. The van der Waals surface area contributed by atoms with Crippen molar-refractivity contribution in [3.8, 4) is 0 Å². The van der Waals surface area contributed by atoms with E-state index < -0.39 is 20.9 Å². The number of benzene rings is 2. The van der Waals surface area contributed by atoms with E-state index in [9.17, 15) is 23.3 Å². The molecule has 0 saturated heterocycles. The van der Waals surface area contributed by atoms with Gasteiger partial charge in [-0.25, -0.2) is 13.6 Å². The molecule has 4 N–H and O–H groups in total. The molecule has 0 bridgehead atoms. The number of carbonyl (C=O) groups excluding carboxylic acids is 1. The van der Waals surface area contributed by atoms with Crippen molar-refractivity contribution in [2.45, 2.75) is 18.2 Å². The molecule has 2 aromatic carbocycles. The number of nitrogens with one attached hydrogen (secondary N) is 2. The van der Waals surface area contributed by atoms with Gasteiger partial charge in [0.1, 0.15) is 5.69 Å². The number of sulfonamides is 1. The van der Waals surface area contributed by atoms with E-state index in [-0.39, 0.29) is 27.5 Å². The van der Waals surface area contributed by atoms with Crippen LogP contribution in [0.5, 0.6) is 0 Å². The van der Waals surface area contributed by atoms with Gasteiger partial charge >= 0.3 is 0 Å². The first-order valence-corrected chi connectivity index (χ1v) is 10.2. The van der Waals surface area contributed by atoms with Gasteiger partial charge in [0, 0.05) is 31.0 Å². The maximum Gasteiger partial charge on any atom is 0.293 e. The summed E-state index contributed by atoms with van der Waals surface area (Å²) < 4.78 is 28.4. The maximum absolute atomic E-state index is 12.5. The van der Waals surface area contributed by atoms with Crippen molar-refractivity contribution in [1.29, 1.82) is 0 Å². The maximum atomic E-state index is 12.5. The number of primary sulfonamides is 1. The lowest BCUT2D eigenvalue weighted by Crippen LogP contribution is -2.17. The highest BCUT2D eigenvalue weighted by Crippen LogP contribution is 2.26. The van der Waals surface area contributed by atoms with Gasteiger partial charge in [0.25, 0.3) is 11.6 Å². The Morgan fingerprint density at radius 3 is 2.55 bits per heavy atom. The number of nitrogens with zero attached hydrogens (tertiary/aromatic N) is 1. The van der Waals surface area contributed by atoms with Crippen molar-refractivity contribution in [3.05, 3.63) is 57.6 Å². The summed E-state index contributed by atoms with van der Waals surface area (Å²) in [5.41, 5.74) is 0.771. The van der Waals surface area contributed by atoms with Crippen LogP contribution in [0.15, 0.2) is 41.3 Å². The molecule has 2 rings (SSSR count). The summed E-state index contributed by atoms with van der Waals surface area (Å²) in [5.74, 6) is -0.624. The topological polar surface area (TPSA) is 154 Å². The number of amides is 1. The Hall–Kier alpha value is -3.02. The Morgan fingerprint density at radius 1 is 1.24 bits per heavy atom. The quantitative estimate of drug-likeness (QED) is 0.318. The van der Waals surface area contributed by atoms with Crippen LogP contribution in [0.4, 0.5) is 17.1 Å². The second-order valence-corrected chi connectivity index (χ2v) is 7.61. The zero-order valence-electron chi connectivity index (χ0n) is 16.0. The summed E-state index contributed by atoms with van der Waals surface area (Å²) in [7, 11) is -2.45. The molecule has 0 aromatic heterocycles. The monoisotopic (exact) mass is 422 g/mol. The number of nitro benzene ring substituents is 1. The lowest BCUT2D eigenvalue weighted by molar-refractivity contribution is -0.384. The van der Waals surface area contributed by atoms with Gasteiger partial charge in [-0.15, -0.1) is 0 Å². The van der Waals surface area contributed by atoms with Crippen molar-refractivity contribution < 1.29 is 22.9 Å². The number of aryl methyl sites for hydroxylation is 1. The summed E-state index contributed by atoms with van der Waals surface area (Å²) in [6.45, 7) is 2.51. The normalized spacial score (nSPS) is 11.1. The molecule has 0 heterocycles. The van der Waals surface area contributed by atoms with E-state index in [1.54, 1.807) is 19.1 Å². The Morgan fingerprint density at radius 2 is 1.97 bits per heavy atom. The molecule has 1 amide bonds. The fourth-order valence-corrected chi connectivity index (χ4v) is 3.52. The molecule has 0 radical (unpaired) electrons. The number of carbonyl (C=O) groups is 1. The van der Waals surface area contributed by atoms with Crippen LogP contribution in [-0.2, 0) is 21.2 Å². The van der Waals surface area contributed by atoms with E-state index in [4.69, 9.17) is 9.88 Å². The Kier molecular flexibility index (Phi) is 7.26. The minimum Gasteiger partial charge on any atom is -0.383 e. The number of methoxy groups -OCH3 is 1. The van der Waals surface area contributed by atoms with E-state index in [1.165, 1.54) is 25.3 Å². The van der Waals surface area contributed by atoms with Gasteiger partial charge in [-0.3, -0.25) is 14.9 Å². The van der Waals surface area contributed by atoms with Crippen LogP contribution >= 0.6 is 0 Å². The van der Waals surface area contributed by atoms with Crippen molar-refractivity contribution >= 4 is 33.0 Å². The molecule has 2 aromatic rings. The number of nitrogens with two attached hydrogens (primary N) is 1. The largest absolute Gasteiger partial charge is 0.383 e. The molecular formula is C18H22N4O6S. The fourth-order valence-electron chi connectivity index (χ4n) is 2.65. The number of hydrogen-bond donors (Lipinski definition) is 3. The molecule has 0 saturated carbocycles. The van der Waals surface area contributed by atoms with Crippen molar-refractivity contribution in [2.24, 2.45) is 5.14 Å². The SMILES string of the molecule is CCc1ccc(NC(=O)c2ccc(NCCOC)c([N+](=O)[O-])c2)cc1S(N)(=O)=O. The standard InChI is InChI=1S/C18H22N4O6S/c1-3-12-4-6-14(11-17(12)29(19,26)27)21-18(23)13-5-7-15(20-8-9-28-2)16(10-13)22(24)25/h4-7,10-11,20H,3,8-9H2,1-2H3,(H,21,23)(H2,19,26,27). The highest BCUT2D eigenvalue weighted by Gasteiger charge is 2.19. The zero-order chi connectivity index (χ0) is 21.6. The molecular weight excluding hydrogens is 400 g/mol. The zero-order valence-corrected chi connectivity index (χ0v) is 16.8. The number of rotatable bonds is 9. The summed E-state index contributed by atoms with van der Waals surface area (Å²) in [6, 6.07) is 8.37. The average Bonchev–Trinajstić information content (AvgIpc) is 2.67. The van der Waals surface area contributed by atoms with Crippen molar-refractivity contribution in [3.63, 3.8) is 0 Å². The van der Waals surface area contributed by atoms with Crippen LogP contribution in [0, 0.1) is 10.1 Å². The van der Waals surface area contributed by atoms with Crippen LogP contribution in [-0.4, -0.2) is 39.5 Å². The molecule has 0 unspecified atom stereocenters. The summed E-state index contributed by atoms with van der Waals surface area (Å²) in [5, 5.41) is 22.0. The summed E-state index contributed by atoms with van der Waals surface area (Å²) >= 11 is 0. The summed E-state index contributed by atoms with van der Waals surface area (Å²) in [6.07, 6.45) is 0.448. The van der Waals surface area contributed by atoms with E-state index in [0.29, 0.717) is 25.1 Å². The molecule has 0 aliphatic heterocycles. The molecule has 11 heteroatoms. The molecule has 0 aliphatic carbocycles. The van der Waals surface area contributed by atoms with Crippen molar-refractivity contribution in [1.82, 2.24) is 0 Å². The van der Waals surface area contributed by atoms with Gasteiger partial charge in [0.05, 0.1) is 16.4 Å².